The molecule has 0 aliphatic heterocycles. The van der Waals surface area contributed by atoms with Crippen LogP contribution in [0.4, 0.5) is 0 Å². The van der Waals surface area contributed by atoms with Gasteiger partial charge in [0.2, 0.25) is 0 Å². The number of carbonyl (C=O) groups is 1. The van der Waals surface area contributed by atoms with Crippen LogP contribution < -0.4 is 0 Å². The quantitative estimate of drug-likeness (QED) is 0.738. The highest BCUT2D eigenvalue weighted by atomic mass is 16.3. The van der Waals surface area contributed by atoms with Crippen molar-refractivity contribution in [3.05, 3.63) is 12.2 Å². The average Bonchev–Trinajstić information content (AvgIpc) is 2.36. The molecule has 0 unspecified atom stereocenters. The van der Waals surface area contributed by atoms with Gasteiger partial charge in [-0.3, -0.25) is 4.79 Å². The third kappa shape index (κ3) is 1.85. The molecule has 0 aromatic rings. The maximum Gasteiger partial charge on any atom is 0.138 e. The van der Waals surface area contributed by atoms with Crippen molar-refractivity contribution >= 4 is 5.78 Å². The highest BCUT2D eigenvalue weighted by Crippen LogP contribution is 2.58. The van der Waals surface area contributed by atoms with Crippen LogP contribution in [0.3, 0.4) is 0 Å². The smallest absolute Gasteiger partial charge is 0.138 e. The number of nitriles is 1. The molecule has 0 aromatic heterocycles. The molecule has 0 saturated heterocycles. The normalized spacial score (nSPS) is 46.3. The number of ketones is 1. The summed E-state index contributed by atoms with van der Waals surface area (Å²) in [6, 6.07) is 2.38. The topological polar surface area (TPSA) is 61.1 Å². The molecule has 0 bridgehead atoms. The van der Waals surface area contributed by atoms with Crippen molar-refractivity contribution in [1.29, 1.82) is 5.26 Å². The third-order valence-corrected chi connectivity index (χ3v) is 5.78. The molecular formula is C16H23NO2. The molecule has 2 fully saturated rings. The molecule has 0 amide bonds. The van der Waals surface area contributed by atoms with Gasteiger partial charge in [-0.25, -0.2) is 0 Å². The number of fused-ring (bicyclic) bond motifs is 1. The molecule has 0 radical (unpaired) electrons. The summed E-state index contributed by atoms with van der Waals surface area (Å²) in [6.07, 6.45) is 2.42. The second-order valence-corrected chi connectivity index (χ2v) is 6.69. The Morgan fingerprint density at radius 2 is 2.21 bits per heavy atom. The largest absolute Gasteiger partial charge is 0.389 e. The molecule has 2 aliphatic carbocycles. The fraction of sp³-hybridized carbons (Fsp3) is 0.750. The summed E-state index contributed by atoms with van der Waals surface area (Å²) >= 11 is 0. The average molecular weight is 261 g/mol. The molecule has 104 valence electrons. The lowest BCUT2D eigenvalue weighted by molar-refractivity contribution is -0.191. The van der Waals surface area contributed by atoms with E-state index in [1.165, 1.54) is 0 Å². The lowest BCUT2D eigenvalue weighted by atomic mass is 9.48. The molecule has 2 saturated carbocycles. The molecule has 3 heteroatoms. The number of hydrogen-bond donors (Lipinski definition) is 1. The highest BCUT2D eigenvalue weighted by molar-refractivity contribution is 5.83. The van der Waals surface area contributed by atoms with Crippen molar-refractivity contribution in [2.45, 2.75) is 52.1 Å². The van der Waals surface area contributed by atoms with Crippen LogP contribution in [0, 0.1) is 34.5 Å². The zero-order chi connectivity index (χ0) is 14.4. The van der Waals surface area contributed by atoms with Crippen molar-refractivity contribution in [1.82, 2.24) is 0 Å². The lowest BCUT2D eigenvalue weighted by Gasteiger charge is -2.58. The Kier molecular flexibility index (Phi) is 3.35. The van der Waals surface area contributed by atoms with Crippen LogP contribution in [-0.2, 0) is 4.79 Å². The number of aliphatic hydroxyl groups is 1. The summed E-state index contributed by atoms with van der Waals surface area (Å²) in [5.41, 5.74) is -0.535. The SMILES string of the molecule is C=C(C)[C@H]1C[C@H](C#N)[C@@]2(C)CCC(=O)[C@H](C)[C@@]2(O)C1. The second-order valence-electron chi connectivity index (χ2n) is 6.69. The summed E-state index contributed by atoms with van der Waals surface area (Å²) in [6.45, 7) is 9.72. The molecular weight excluding hydrogens is 238 g/mol. The summed E-state index contributed by atoms with van der Waals surface area (Å²) in [4.78, 5) is 12.0. The Balaban J connectivity index is 2.47. The van der Waals surface area contributed by atoms with Gasteiger partial charge in [-0.15, -0.1) is 0 Å². The zero-order valence-corrected chi connectivity index (χ0v) is 12.1. The Morgan fingerprint density at radius 1 is 1.58 bits per heavy atom. The van der Waals surface area contributed by atoms with E-state index in [-0.39, 0.29) is 23.5 Å². The first kappa shape index (κ1) is 14.3. The number of carbonyl (C=O) groups excluding carboxylic acids is 1. The zero-order valence-electron chi connectivity index (χ0n) is 12.1. The fourth-order valence-corrected chi connectivity index (χ4v) is 4.04. The Bertz CT molecular complexity index is 464. The van der Waals surface area contributed by atoms with E-state index >= 15 is 0 Å². The monoisotopic (exact) mass is 261 g/mol. The van der Waals surface area contributed by atoms with E-state index in [1.807, 2.05) is 20.8 Å². The van der Waals surface area contributed by atoms with E-state index < -0.39 is 11.0 Å². The highest BCUT2D eigenvalue weighted by Gasteiger charge is 2.62. The minimum Gasteiger partial charge on any atom is -0.389 e. The van der Waals surface area contributed by atoms with Gasteiger partial charge in [-0.2, -0.15) is 5.26 Å². The first-order valence-electron chi connectivity index (χ1n) is 7.06. The van der Waals surface area contributed by atoms with E-state index in [4.69, 9.17) is 0 Å². The minimum atomic E-state index is -1.06. The standard InChI is InChI=1S/C16H23NO2/c1-10(2)12-7-13(9-17)15(4)6-5-14(18)11(3)16(15,19)8-12/h11-13,19H,1,5-8H2,2-4H3/t11-,12-,13+,15+,16-/m0/s1. The van der Waals surface area contributed by atoms with Crippen molar-refractivity contribution < 1.29 is 9.90 Å². The van der Waals surface area contributed by atoms with Crippen LogP contribution in [0.2, 0.25) is 0 Å². The van der Waals surface area contributed by atoms with E-state index in [1.54, 1.807) is 0 Å². The van der Waals surface area contributed by atoms with Gasteiger partial charge in [-0.1, -0.05) is 26.0 Å². The summed E-state index contributed by atoms with van der Waals surface area (Å²) in [7, 11) is 0. The predicted molar refractivity (Wildman–Crippen MR) is 73.1 cm³/mol. The van der Waals surface area contributed by atoms with Crippen molar-refractivity contribution in [2.75, 3.05) is 0 Å². The number of rotatable bonds is 1. The molecule has 2 rings (SSSR count). The van der Waals surface area contributed by atoms with Gasteiger partial charge in [0, 0.05) is 17.8 Å². The first-order chi connectivity index (χ1) is 8.76. The second kappa shape index (κ2) is 4.45. The Labute approximate surface area is 115 Å². The van der Waals surface area contributed by atoms with Gasteiger partial charge in [-0.05, 0) is 32.1 Å². The van der Waals surface area contributed by atoms with Crippen LogP contribution in [0.1, 0.15) is 46.5 Å². The van der Waals surface area contributed by atoms with Gasteiger partial charge in [0.05, 0.1) is 17.6 Å². The van der Waals surface area contributed by atoms with E-state index in [9.17, 15) is 15.2 Å². The van der Waals surface area contributed by atoms with E-state index in [0.29, 0.717) is 19.3 Å². The third-order valence-electron chi connectivity index (χ3n) is 5.78. The number of nitrogens with zero attached hydrogens (tertiary/aromatic N) is 1. The predicted octanol–water partition coefficient (Wildman–Crippen LogP) is 2.85. The van der Waals surface area contributed by atoms with Gasteiger partial charge in [0.25, 0.3) is 0 Å². The number of hydrogen-bond acceptors (Lipinski definition) is 3. The molecule has 1 N–H and O–H groups in total. The van der Waals surface area contributed by atoms with Crippen LogP contribution in [0.25, 0.3) is 0 Å². The van der Waals surface area contributed by atoms with Gasteiger partial charge in [0.1, 0.15) is 5.78 Å². The summed E-state index contributed by atoms with van der Waals surface area (Å²) in [5, 5.41) is 20.7. The lowest BCUT2D eigenvalue weighted by Crippen LogP contribution is -2.63. The molecule has 0 aromatic carbocycles. The van der Waals surface area contributed by atoms with Crippen LogP contribution in [0.15, 0.2) is 12.2 Å². The Morgan fingerprint density at radius 3 is 2.74 bits per heavy atom. The van der Waals surface area contributed by atoms with Crippen molar-refractivity contribution in [2.24, 2.45) is 23.2 Å². The summed E-state index contributed by atoms with van der Waals surface area (Å²) in [5.74, 6) is -0.331. The minimum absolute atomic E-state index is 0.124. The maximum atomic E-state index is 12.0. The summed E-state index contributed by atoms with van der Waals surface area (Å²) < 4.78 is 0. The molecule has 0 heterocycles. The van der Waals surface area contributed by atoms with Gasteiger partial charge in [0.15, 0.2) is 0 Å². The fourth-order valence-electron chi connectivity index (χ4n) is 4.04. The maximum absolute atomic E-state index is 12.0. The van der Waals surface area contributed by atoms with Crippen LogP contribution >= 0.6 is 0 Å². The molecule has 3 nitrogen and oxygen atoms in total. The molecule has 5 atom stereocenters. The van der Waals surface area contributed by atoms with E-state index in [0.717, 1.165) is 12.0 Å². The van der Waals surface area contributed by atoms with Crippen molar-refractivity contribution in [3.63, 3.8) is 0 Å². The first-order valence-corrected chi connectivity index (χ1v) is 7.06. The van der Waals surface area contributed by atoms with Gasteiger partial charge >= 0.3 is 0 Å². The van der Waals surface area contributed by atoms with E-state index in [2.05, 4.69) is 12.6 Å². The molecule has 0 spiro atoms. The number of allylic oxidation sites excluding steroid dienone is 1. The van der Waals surface area contributed by atoms with Crippen LogP contribution in [0.5, 0.6) is 0 Å². The molecule has 2 aliphatic rings. The number of Topliss-reactive ketones (excluding diaryl/α,β-unsaturated/α-hetero) is 1. The molecule has 19 heavy (non-hydrogen) atoms. The van der Waals surface area contributed by atoms with Crippen molar-refractivity contribution in [3.8, 4) is 6.07 Å². The van der Waals surface area contributed by atoms with Crippen LogP contribution in [-0.4, -0.2) is 16.5 Å². The Hall–Kier alpha value is -1.14. The van der Waals surface area contributed by atoms with Gasteiger partial charge < -0.3 is 5.11 Å².